The lowest BCUT2D eigenvalue weighted by Crippen LogP contribution is -2.64. The van der Waals surface area contributed by atoms with Gasteiger partial charge in [0.05, 0.1) is 43.5 Å². The van der Waals surface area contributed by atoms with Gasteiger partial charge < -0.3 is 79.9 Å². The van der Waals surface area contributed by atoms with Gasteiger partial charge in [0.1, 0.15) is 54.9 Å². The SMILES string of the molecule is OC[C@H]1O[C@@H](OC2CC3C(O[C@@H]4O[C@H](CO)[C@@H](O)[C@H](O)[C@H]4O)CC(O)CC3[OH+]C2C2CCC(O)C(O)C2)[C@H](O)[C@@H](O)[C@H]1O. The third kappa shape index (κ3) is 6.90. The Morgan fingerprint density at radius 1 is 0.581 bits per heavy atom. The van der Waals surface area contributed by atoms with Gasteiger partial charge in [-0.1, -0.05) is 0 Å². The van der Waals surface area contributed by atoms with Crippen LogP contribution in [0, 0.1) is 11.8 Å². The lowest BCUT2D eigenvalue weighted by atomic mass is 9.72. The van der Waals surface area contributed by atoms with Crippen LogP contribution in [0.25, 0.3) is 0 Å². The zero-order chi connectivity index (χ0) is 31.2. The highest BCUT2D eigenvalue weighted by molar-refractivity contribution is 4.99. The molecule has 0 radical (unpaired) electrons. The number of hydrogen-bond acceptors (Lipinski definition) is 15. The third-order valence-corrected chi connectivity index (χ3v) is 9.86. The van der Waals surface area contributed by atoms with E-state index in [-0.39, 0.29) is 31.6 Å². The van der Waals surface area contributed by atoms with Gasteiger partial charge in [0.25, 0.3) is 0 Å². The van der Waals surface area contributed by atoms with Gasteiger partial charge in [-0.2, -0.15) is 0 Å². The van der Waals surface area contributed by atoms with E-state index in [1.807, 2.05) is 0 Å². The van der Waals surface area contributed by atoms with Crippen molar-refractivity contribution in [3.05, 3.63) is 0 Å². The van der Waals surface area contributed by atoms with E-state index in [0.29, 0.717) is 12.8 Å². The average Bonchev–Trinajstić information content (AvgIpc) is 2.98. The molecule has 2 aliphatic carbocycles. The summed E-state index contributed by atoms with van der Waals surface area (Å²) in [5.74, 6) is -0.695. The summed E-state index contributed by atoms with van der Waals surface area (Å²) >= 11 is 0. The Bertz CT molecular complexity index is 895. The summed E-state index contributed by atoms with van der Waals surface area (Å²) < 4.78 is 28.5. The van der Waals surface area contributed by atoms with Crippen LogP contribution in [0.5, 0.6) is 0 Å². The Labute approximate surface area is 248 Å². The molecule has 0 amide bonds. The molecule has 5 aliphatic rings. The van der Waals surface area contributed by atoms with Gasteiger partial charge >= 0.3 is 0 Å². The fourth-order valence-corrected chi connectivity index (χ4v) is 7.34. The zero-order valence-corrected chi connectivity index (χ0v) is 23.6. The highest BCUT2D eigenvalue weighted by Gasteiger charge is 2.56. The highest BCUT2D eigenvalue weighted by Crippen LogP contribution is 2.43. The summed E-state index contributed by atoms with van der Waals surface area (Å²) in [4.78, 5) is 0. The molecule has 43 heavy (non-hydrogen) atoms. The molecular weight excluding hydrogens is 580 g/mol. The first-order valence-corrected chi connectivity index (χ1v) is 15.1. The van der Waals surface area contributed by atoms with E-state index in [1.165, 1.54) is 0 Å². The van der Waals surface area contributed by atoms with Crippen molar-refractivity contribution >= 4 is 0 Å². The van der Waals surface area contributed by atoms with Crippen LogP contribution in [0.3, 0.4) is 0 Å². The Balaban J connectivity index is 1.38. The molecule has 0 aromatic heterocycles. The number of fused-ring (bicyclic) bond motifs is 1. The molecule has 250 valence electrons. The number of aliphatic hydroxyl groups excluding tert-OH is 11. The lowest BCUT2D eigenvalue weighted by Gasteiger charge is -2.50. The van der Waals surface area contributed by atoms with Gasteiger partial charge in [0.15, 0.2) is 24.8 Å². The van der Waals surface area contributed by atoms with E-state index in [4.69, 9.17) is 23.7 Å². The molecule has 3 aliphatic heterocycles. The molecule has 12 N–H and O–H groups in total. The van der Waals surface area contributed by atoms with Crippen molar-refractivity contribution in [2.45, 2.75) is 143 Å². The smallest absolute Gasteiger partial charge is 0.187 e. The van der Waals surface area contributed by atoms with E-state index in [1.54, 1.807) is 0 Å². The van der Waals surface area contributed by atoms with Gasteiger partial charge in [-0.15, -0.1) is 0 Å². The van der Waals surface area contributed by atoms with Crippen LogP contribution in [0.15, 0.2) is 0 Å². The Kier molecular flexibility index (Phi) is 11.0. The van der Waals surface area contributed by atoms with Crippen LogP contribution >= 0.6 is 0 Å². The van der Waals surface area contributed by atoms with E-state index in [2.05, 4.69) is 0 Å². The summed E-state index contributed by atoms with van der Waals surface area (Å²) in [6.45, 7) is -1.29. The summed E-state index contributed by atoms with van der Waals surface area (Å²) in [5, 5.41) is 113. The first-order chi connectivity index (χ1) is 20.4. The molecule has 3 saturated heterocycles. The van der Waals surface area contributed by atoms with E-state index < -0.39 is 123 Å². The molecule has 0 spiro atoms. The maximum atomic E-state index is 10.7. The quantitative estimate of drug-likeness (QED) is 0.117. The zero-order valence-electron chi connectivity index (χ0n) is 23.6. The van der Waals surface area contributed by atoms with Crippen molar-refractivity contribution in [3.63, 3.8) is 0 Å². The summed E-state index contributed by atoms with van der Waals surface area (Å²) in [6, 6.07) is 0. The predicted molar refractivity (Wildman–Crippen MR) is 140 cm³/mol. The molecule has 19 atom stereocenters. The van der Waals surface area contributed by atoms with Crippen LogP contribution in [0.2, 0.25) is 0 Å². The molecule has 0 aromatic rings. The van der Waals surface area contributed by atoms with Crippen molar-refractivity contribution in [1.29, 1.82) is 0 Å². The van der Waals surface area contributed by atoms with Crippen molar-refractivity contribution in [2.75, 3.05) is 13.2 Å². The molecule has 16 nitrogen and oxygen atoms in total. The maximum absolute atomic E-state index is 10.7. The topological polar surface area (TPSA) is 272 Å². The molecule has 0 bridgehead atoms. The van der Waals surface area contributed by atoms with Gasteiger partial charge in [-0.25, -0.2) is 0 Å². The molecular formula is C27H47O16+. The van der Waals surface area contributed by atoms with Crippen LogP contribution in [0.1, 0.15) is 38.5 Å². The first-order valence-electron chi connectivity index (χ1n) is 15.1. The van der Waals surface area contributed by atoms with Crippen molar-refractivity contribution in [3.8, 4) is 0 Å². The van der Waals surface area contributed by atoms with Gasteiger partial charge in [0, 0.05) is 18.8 Å². The Hall–Kier alpha value is -0.640. The Morgan fingerprint density at radius 2 is 1.14 bits per heavy atom. The second-order valence-electron chi connectivity index (χ2n) is 12.7. The fraction of sp³-hybridized carbons (Fsp3) is 1.00. The minimum atomic E-state index is -1.67. The van der Waals surface area contributed by atoms with Crippen molar-refractivity contribution in [1.82, 2.24) is 0 Å². The van der Waals surface area contributed by atoms with Crippen molar-refractivity contribution in [2.24, 2.45) is 11.8 Å². The van der Waals surface area contributed by atoms with Crippen LogP contribution in [-0.2, 0) is 18.9 Å². The average molecular weight is 628 g/mol. The second-order valence-corrected chi connectivity index (χ2v) is 12.7. The summed E-state index contributed by atoms with van der Waals surface area (Å²) in [6.07, 6.45) is -18.8. The molecule has 3 heterocycles. The predicted octanol–water partition coefficient (Wildman–Crippen LogP) is -5.68. The van der Waals surface area contributed by atoms with E-state index in [0.717, 1.165) is 0 Å². The number of hydrogen-bond donors (Lipinski definition) is 11. The molecule has 5 fully saturated rings. The van der Waals surface area contributed by atoms with E-state index >= 15 is 0 Å². The number of rotatable bonds is 7. The second kappa shape index (κ2) is 14.0. The van der Waals surface area contributed by atoms with Crippen molar-refractivity contribution < 1.29 is 79.9 Å². The van der Waals surface area contributed by atoms with Crippen LogP contribution < -0.4 is 0 Å². The largest absolute Gasteiger partial charge is 0.427 e. The van der Waals surface area contributed by atoms with Crippen LogP contribution in [0.4, 0.5) is 0 Å². The molecule has 0 aromatic carbocycles. The normalized spacial score (nSPS) is 54.6. The third-order valence-electron chi connectivity index (χ3n) is 9.86. The van der Waals surface area contributed by atoms with E-state index in [9.17, 15) is 56.2 Å². The summed E-state index contributed by atoms with van der Waals surface area (Å²) in [7, 11) is 0. The fourth-order valence-electron chi connectivity index (χ4n) is 7.34. The van der Waals surface area contributed by atoms with Gasteiger partial charge in [-0.3, -0.25) is 0 Å². The number of ether oxygens (including phenoxy) is 5. The molecule has 5 rings (SSSR count). The van der Waals surface area contributed by atoms with Gasteiger partial charge in [0.2, 0.25) is 0 Å². The number of aliphatic hydroxyl groups is 13. The highest BCUT2D eigenvalue weighted by atomic mass is 16.7. The molecule has 9 unspecified atom stereocenters. The first kappa shape index (κ1) is 33.7. The van der Waals surface area contributed by atoms with Crippen LogP contribution in [-0.4, -0.2) is 178 Å². The van der Waals surface area contributed by atoms with Gasteiger partial charge in [-0.05, 0) is 25.7 Å². The standard InChI is InChI=1S/C27H46O16/c28-7-17-19(33)21(35)23(37)26(42-17)40-15-5-10(30)4-14-11(15)6-16(25(39-14)9-1-2-12(31)13(32)3-9)41-27-24(38)22(36)20(34)18(8-29)43-27/h9-38H,1-8H2/p+1/t9?,10?,11?,12?,13?,14?,15?,16?,17-,18-,19-,20+,21+,22+,23-,24-,25?,26-,27-/m1/s1. The molecule has 2 saturated carbocycles. The summed E-state index contributed by atoms with van der Waals surface area (Å²) in [5.41, 5.74) is 0. The molecule has 16 heteroatoms. The Morgan fingerprint density at radius 3 is 1.67 bits per heavy atom. The minimum absolute atomic E-state index is 0.109. The minimum Gasteiger partial charge on any atom is -0.427 e. The lowest BCUT2D eigenvalue weighted by molar-refractivity contribution is -0.367. The maximum Gasteiger partial charge on any atom is 0.187 e. The monoisotopic (exact) mass is 627 g/mol.